The third kappa shape index (κ3) is 5.94. The zero-order valence-corrected chi connectivity index (χ0v) is 20.1. The van der Waals surface area contributed by atoms with Crippen molar-refractivity contribution in [3.05, 3.63) is 74.5 Å². The number of rotatable bonds is 8. The summed E-state index contributed by atoms with van der Waals surface area (Å²) in [6.07, 6.45) is 0. The summed E-state index contributed by atoms with van der Waals surface area (Å²) in [5.74, 6) is 0.654. The van der Waals surface area contributed by atoms with Crippen molar-refractivity contribution >= 4 is 45.7 Å². The van der Waals surface area contributed by atoms with E-state index in [1.807, 2.05) is 27.7 Å². The van der Waals surface area contributed by atoms with E-state index in [1.54, 1.807) is 48.5 Å². The monoisotopic (exact) mass is 490 g/mol. The molecule has 33 heavy (non-hydrogen) atoms. The van der Waals surface area contributed by atoms with Crippen LogP contribution < -0.4 is 15.4 Å². The molecular formula is C22H24Cl2N6O3. The molecule has 0 spiro atoms. The zero-order valence-electron chi connectivity index (χ0n) is 18.6. The molecule has 0 unspecified atom stereocenters. The van der Waals surface area contributed by atoms with Crippen LogP contribution in [0.4, 0.5) is 5.69 Å². The Bertz CT molecular complexity index is 1210. The van der Waals surface area contributed by atoms with Crippen molar-refractivity contribution < 1.29 is 9.66 Å². The minimum Gasteiger partial charge on any atom is -0.494 e. The molecular weight excluding hydrogens is 467 g/mol. The molecule has 0 saturated carbocycles. The normalized spacial score (nSPS) is 13.3. The van der Waals surface area contributed by atoms with Gasteiger partial charge < -0.3 is 15.4 Å². The number of para-hydroxylation sites is 1. The maximum absolute atomic E-state index is 12.2. The van der Waals surface area contributed by atoms with E-state index in [0.717, 1.165) is 0 Å². The van der Waals surface area contributed by atoms with Crippen LogP contribution in [0.3, 0.4) is 0 Å². The highest BCUT2D eigenvalue weighted by Gasteiger charge is 2.30. The summed E-state index contributed by atoms with van der Waals surface area (Å²) in [5.41, 5.74) is 0.723. The van der Waals surface area contributed by atoms with Crippen molar-refractivity contribution in [2.75, 3.05) is 11.9 Å². The number of halogens is 2. The highest BCUT2D eigenvalue weighted by atomic mass is 35.5. The predicted octanol–water partition coefficient (Wildman–Crippen LogP) is 5.38. The molecule has 0 amide bonds. The minimum atomic E-state index is -0.609. The Morgan fingerprint density at radius 1 is 1.15 bits per heavy atom. The minimum absolute atomic E-state index is 0.0169. The van der Waals surface area contributed by atoms with Gasteiger partial charge in [0.25, 0.3) is 0 Å². The van der Waals surface area contributed by atoms with Crippen molar-refractivity contribution in [1.82, 2.24) is 20.3 Å². The molecule has 1 aromatic heterocycles. The van der Waals surface area contributed by atoms with Crippen molar-refractivity contribution in [3.63, 3.8) is 0 Å². The molecule has 3 aromatic rings. The molecule has 0 saturated heterocycles. The lowest BCUT2D eigenvalue weighted by molar-refractivity contribution is -0.419. The van der Waals surface area contributed by atoms with Gasteiger partial charge in [-0.3, -0.25) is 10.1 Å². The van der Waals surface area contributed by atoms with Crippen molar-refractivity contribution in [2.24, 2.45) is 0 Å². The lowest BCUT2D eigenvalue weighted by Gasteiger charge is -2.22. The Hall–Kier alpha value is -3.30. The molecule has 0 aliphatic heterocycles. The largest absolute Gasteiger partial charge is 0.494 e. The number of aromatic nitrogens is 3. The van der Waals surface area contributed by atoms with E-state index < -0.39 is 16.2 Å². The summed E-state index contributed by atoms with van der Waals surface area (Å²) in [6.45, 7) is 7.99. The Morgan fingerprint density at radius 3 is 2.42 bits per heavy atom. The summed E-state index contributed by atoms with van der Waals surface area (Å²) in [7, 11) is 0. The topological polar surface area (TPSA) is 107 Å². The maximum atomic E-state index is 12.2. The zero-order chi connectivity index (χ0) is 24.2. The lowest BCUT2D eigenvalue weighted by Crippen LogP contribution is -2.34. The summed E-state index contributed by atoms with van der Waals surface area (Å²) in [4.78, 5) is 11.6. The van der Waals surface area contributed by atoms with Crippen LogP contribution in [0.25, 0.3) is 16.9 Å². The van der Waals surface area contributed by atoms with Crippen molar-refractivity contribution in [3.8, 4) is 5.75 Å². The second-order valence-electron chi connectivity index (χ2n) is 8.03. The summed E-state index contributed by atoms with van der Waals surface area (Å²) in [6, 6.07) is 14.1. The number of hydrogen-bond donors (Lipinski definition) is 2. The van der Waals surface area contributed by atoms with Gasteiger partial charge in [-0.2, -0.15) is 4.68 Å². The van der Waals surface area contributed by atoms with E-state index in [1.165, 1.54) is 4.68 Å². The number of nitrogens with one attached hydrogen (secondary N) is 2. The molecule has 0 bridgehead atoms. The molecule has 0 radical (unpaired) electrons. The first-order chi connectivity index (χ1) is 15.6. The van der Waals surface area contributed by atoms with E-state index in [0.29, 0.717) is 29.1 Å². The highest BCUT2D eigenvalue weighted by molar-refractivity contribution is 6.40. The van der Waals surface area contributed by atoms with Gasteiger partial charge in [-0.1, -0.05) is 40.5 Å². The molecule has 2 N–H and O–H groups in total. The van der Waals surface area contributed by atoms with Gasteiger partial charge in [0.2, 0.25) is 5.82 Å². The van der Waals surface area contributed by atoms with Crippen LogP contribution in [0.2, 0.25) is 0 Å². The van der Waals surface area contributed by atoms with Crippen LogP contribution in [-0.2, 0) is 0 Å². The number of hydrogen-bond acceptors (Lipinski definition) is 7. The standard InChI is InChI=1S/C22H24Cl2N6O3/c1-5-33-15-12-10-14(11-13-15)25-21(29-17-9-7-6-8-16(17)27-28-29)19(30(31)32)18(23)20(24)26-22(2,3)4/h6-13,25-26H,5H2,1-4H3/b20-18+,21-19+. The van der Waals surface area contributed by atoms with Crippen molar-refractivity contribution in [1.29, 1.82) is 0 Å². The van der Waals surface area contributed by atoms with Gasteiger partial charge in [0, 0.05) is 11.2 Å². The smallest absolute Gasteiger partial charge is 0.333 e. The average molecular weight is 491 g/mol. The van der Waals surface area contributed by atoms with Crippen LogP contribution in [0.1, 0.15) is 27.7 Å². The summed E-state index contributed by atoms with van der Waals surface area (Å²) < 4.78 is 6.79. The molecule has 9 nitrogen and oxygen atoms in total. The Balaban J connectivity index is 2.22. The first kappa shape index (κ1) is 24.3. The molecule has 1 heterocycles. The Kier molecular flexibility index (Phi) is 7.45. The van der Waals surface area contributed by atoms with E-state index >= 15 is 0 Å². The summed E-state index contributed by atoms with van der Waals surface area (Å²) in [5, 5.41) is 26.2. The van der Waals surface area contributed by atoms with Crippen LogP contribution in [0.15, 0.2) is 64.4 Å². The molecule has 0 aliphatic carbocycles. The molecule has 11 heteroatoms. The van der Waals surface area contributed by atoms with Crippen LogP contribution in [0.5, 0.6) is 5.75 Å². The predicted molar refractivity (Wildman–Crippen MR) is 131 cm³/mol. The Labute approximate surface area is 201 Å². The third-order valence-electron chi connectivity index (χ3n) is 4.28. The number of nitrogens with zero attached hydrogens (tertiary/aromatic N) is 4. The van der Waals surface area contributed by atoms with Gasteiger partial charge in [0.1, 0.15) is 16.4 Å². The number of fused-ring (bicyclic) bond motifs is 1. The van der Waals surface area contributed by atoms with E-state index in [4.69, 9.17) is 27.9 Å². The van der Waals surface area contributed by atoms with E-state index in [-0.39, 0.29) is 16.0 Å². The molecule has 0 atom stereocenters. The summed E-state index contributed by atoms with van der Waals surface area (Å²) >= 11 is 12.8. The Morgan fingerprint density at radius 2 is 1.82 bits per heavy atom. The molecule has 174 valence electrons. The van der Waals surface area contributed by atoms with Crippen LogP contribution in [0, 0.1) is 10.1 Å². The van der Waals surface area contributed by atoms with Crippen LogP contribution >= 0.6 is 23.2 Å². The fourth-order valence-electron chi connectivity index (χ4n) is 2.94. The molecule has 0 fully saturated rings. The molecule has 3 rings (SSSR count). The number of nitro groups is 1. The first-order valence-corrected chi connectivity index (χ1v) is 10.9. The van der Waals surface area contributed by atoms with Gasteiger partial charge in [-0.15, -0.1) is 5.10 Å². The van der Waals surface area contributed by atoms with Gasteiger partial charge in [-0.05, 0) is 64.1 Å². The number of ether oxygens (including phenoxy) is 1. The fraction of sp³-hybridized carbons (Fsp3) is 0.273. The number of anilines is 1. The average Bonchev–Trinajstić information content (AvgIpc) is 3.17. The quantitative estimate of drug-likeness (QED) is 0.189. The molecule has 0 aliphatic rings. The lowest BCUT2D eigenvalue weighted by atomic mass is 10.1. The van der Waals surface area contributed by atoms with E-state index in [2.05, 4.69) is 20.9 Å². The second kappa shape index (κ2) is 10.1. The van der Waals surface area contributed by atoms with Crippen molar-refractivity contribution in [2.45, 2.75) is 33.2 Å². The highest BCUT2D eigenvalue weighted by Crippen LogP contribution is 2.30. The maximum Gasteiger partial charge on any atom is 0.333 e. The van der Waals surface area contributed by atoms with Gasteiger partial charge in [0.05, 0.1) is 17.0 Å². The van der Waals surface area contributed by atoms with Gasteiger partial charge in [0.15, 0.2) is 5.03 Å². The van der Waals surface area contributed by atoms with Gasteiger partial charge >= 0.3 is 5.70 Å². The van der Waals surface area contributed by atoms with Gasteiger partial charge in [-0.25, -0.2) is 0 Å². The second-order valence-corrected chi connectivity index (χ2v) is 8.79. The fourth-order valence-corrected chi connectivity index (χ4v) is 3.52. The number of allylic oxidation sites excluding steroid dienone is 1. The SMILES string of the molecule is CCOc1ccc(N/C(=C(/C(Cl)=C(/Cl)NC(C)(C)C)[N+](=O)[O-])n2nnc3ccccc32)cc1. The van der Waals surface area contributed by atoms with Crippen LogP contribution in [-0.4, -0.2) is 32.1 Å². The van der Waals surface area contributed by atoms with E-state index in [9.17, 15) is 10.1 Å². The third-order valence-corrected chi connectivity index (χ3v) is 5.03. The number of benzene rings is 2. The molecule has 2 aromatic carbocycles. The first-order valence-electron chi connectivity index (χ1n) is 10.1.